The topological polar surface area (TPSA) is 60.7 Å². The number of anilines is 1. The molecule has 0 unspecified atom stereocenters. The van der Waals surface area contributed by atoms with Crippen molar-refractivity contribution >= 4 is 29.7 Å². The van der Waals surface area contributed by atoms with E-state index in [1.165, 1.54) is 35.6 Å². The summed E-state index contributed by atoms with van der Waals surface area (Å²) in [5, 5.41) is 11.9. The molecule has 0 saturated carbocycles. The summed E-state index contributed by atoms with van der Waals surface area (Å²) in [5.74, 6) is -0.0498. The first-order valence-corrected chi connectivity index (χ1v) is 5.18. The monoisotopic (exact) mass is 276 g/mol. The van der Waals surface area contributed by atoms with Crippen molar-refractivity contribution in [3.63, 3.8) is 0 Å². The molecule has 0 saturated heterocycles. The maximum absolute atomic E-state index is 12.3. The Hall–Kier alpha value is -1.89. The number of halogens is 3. The first kappa shape index (κ1) is 14.2. The second-order valence-electron chi connectivity index (χ2n) is 3.14. The van der Waals surface area contributed by atoms with Crippen LogP contribution in [-0.2, 0) is 0 Å². The van der Waals surface area contributed by atoms with Gasteiger partial charge in [0.25, 0.3) is 0 Å². The maximum atomic E-state index is 12.3. The number of nitrogens with zero attached hydrogens (tertiary/aromatic N) is 2. The molecule has 98 valence electrons. The number of hydrazine groups is 1. The van der Waals surface area contributed by atoms with Gasteiger partial charge in [0.2, 0.25) is 0 Å². The maximum Gasteiger partial charge on any atom is 0.487 e. The zero-order valence-corrected chi connectivity index (χ0v) is 10.2. The van der Waals surface area contributed by atoms with E-state index in [1.54, 1.807) is 7.05 Å². The average Bonchev–Trinajstić information content (AvgIpc) is 2.27. The van der Waals surface area contributed by atoms with Crippen LogP contribution in [0.2, 0.25) is 0 Å². The summed E-state index contributed by atoms with van der Waals surface area (Å²) in [6, 6.07) is 5.72. The van der Waals surface area contributed by atoms with Crippen molar-refractivity contribution in [2.75, 3.05) is 12.5 Å². The molecule has 0 amide bonds. The van der Waals surface area contributed by atoms with Crippen molar-refractivity contribution in [1.29, 1.82) is 5.41 Å². The Kier molecular flexibility index (Phi) is 4.85. The SMILES string of the molecule is CN(/N=C\C=N)Nc1ccc(OC(F)(F)Cl)cc1. The molecule has 8 heteroatoms. The summed E-state index contributed by atoms with van der Waals surface area (Å²) in [5.41, 5.74) is -0.284. The Morgan fingerprint density at radius 2 is 2.06 bits per heavy atom. The van der Waals surface area contributed by atoms with E-state index in [2.05, 4.69) is 26.9 Å². The van der Waals surface area contributed by atoms with Crippen molar-refractivity contribution in [3.8, 4) is 5.75 Å². The fraction of sp³-hybridized carbons (Fsp3) is 0.200. The third-order valence-electron chi connectivity index (χ3n) is 1.69. The Labute approximate surface area is 107 Å². The van der Waals surface area contributed by atoms with Gasteiger partial charge in [-0.05, 0) is 24.3 Å². The van der Waals surface area contributed by atoms with Crippen LogP contribution in [0.25, 0.3) is 0 Å². The van der Waals surface area contributed by atoms with Gasteiger partial charge in [-0.2, -0.15) is 5.10 Å². The quantitative estimate of drug-likeness (QED) is 0.477. The summed E-state index contributed by atoms with van der Waals surface area (Å²) >= 11 is 4.63. The molecule has 2 N–H and O–H groups in total. The molecule has 0 fully saturated rings. The summed E-state index contributed by atoms with van der Waals surface area (Å²) in [6.07, 6.45) is 2.30. The lowest BCUT2D eigenvalue weighted by molar-refractivity contribution is -0.0964. The van der Waals surface area contributed by atoms with Crippen LogP contribution >= 0.6 is 11.6 Å². The van der Waals surface area contributed by atoms with E-state index < -0.39 is 5.57 Å². The number of benzene rings is 1. The molecule has 0 aromatic heterocycles. The second kappa shape index (κ2) is 6.15. The summed E-state index contributed by atoms with van der Waals surface area (Å²) in [4.78, 5) is 0. The van der Waals surface area contributed by atoms with Crippen LogP contribution in [0.3, 0.4) is 0 Å². The predicted molar refractivity (Wildman–Crippen MR) is 66.5 cm³/mol. The molecule has 0 radical (unpaired) electrons. The second-order valence-corrected chi connectivity index (χ2v) is 3.58. The molecular formula is C10H11ClF2N4O. The van der Waals surface area contributed by atoms with Gasteiger partial charge in [-0.15, -0.1) is 8.78 Å². The highest BCUT2D eigenvalue weighted by Crippen LogP contribution is 2.25. The molecule has 0 aliphatic heterocycles. The fourth-order valence-electron chi connectivity index (χ4n) is 1.08. The minimum Gasteiger partial charge on any atom is -0.420 e. The van der Waals surface area contributed by atoms with E-state index in [0.29, 0.717) is 5.69 Å². The number of hydrogen-bond acceptors (Lipinski definition) is 5. The van der Waals surface area contributed by atoms with Gasteiger partial charge in [-0.3, -0.25) is 5.43 Å². The van der Waals surface area contributed by atoms with E-state index in [4.69, 9.17) is 5.41 Å². The highest BCUT2D eigenvalue weighted by atomic mass is 35.5. The summed E-state index contributed by atoms with van der Waals surface area (Å²) < 4.78 is 28.8. The Balaban J connectivity index is 2.60. The molecule has 1 aromatic rings. The molecule has 5 nitrogen and oxygen atoms in total. The normalized spacial score (nSPS) is 11.3. The number of nitrogens with one attached hydrogen (secondary N) is 2. The number of ether oxygens (including phenoxy) is 1. The summed E-state index contributed by atoms with van der Waals surface area (Å²) in [6.45, 7) is 0. The highest BCUT2D eigenvalue weighted by molar-refractivity contribution is 6.20. The van der Waals surface area contributed by atoms with E-state index >= 15 is 0 Å². The predicted octanol–water partition coefficient (Wildman–Crippen LogP) is 2.75. The van der Waals surface area contributed by atoms with Crippen LogP contribution in [0.1, 0.15) is 0 Å². The lowest BCUT2D eigenvalue weighted by Crippen LogP contribution is -2.19. The Morgan fingerprint density at radius 1 is 1.44 bits per heavy atom. The van der Waals surface area contributed by atoms with Crippen LogP contribution in [0.15, 0.2) is 29.4 Å². The minimum atomic E-state index is -3.72. The van der Waals surface area contributed by atoms with Crippen molar-refractivity contribution in [1.82, 2.24) is 5.12 Å². The molecule has 0 spiro atoms. The minimum absolute atomic E-state index is 0.0498. The molecule has 0 aliphatic rings. The van der Waals surface area contributed by atoms with Crippen molar-refractivity contribution < 1.29 is 13.5 Å². The zero-order valence-electron chi connectivity index (χ0n) is 9.40. The largest absolute Gasteiger partial charge is 0.487 e. The molecule has 1 aromatic carbocycles. The fourth-order valence-corrected chi connectivity index (χ4v) is 1.17. The van der Waals surface area contributed by atoms with Crippen molar-refractivity contribution in [2.45, 2.75) is 5.57 Å². The molecule has 0 heterocycles. The molecule has 0 aliphatic carbocycles. The first-order valence-electron chi connectivity index (χ1n) is 4.80. The first-order chi connectivity index (χ1) is 8.40. The van der Waals surface area contributed by atoms with Crippen molar-refractivity contribution in [3.05, 3.63) is 24.3 Å². The van der Waals surface area contributed by atoms with Crippen LogP contribution in [0, 0.1) is 5.41 Å². The average molecular weight is 277 g/mol. The third kappa shape index (κ3) is 5.44. The van der Waals surface area contributed by atoms with Gasteiger partial charge in [-0.25, -0.2) is 5.12 Å². The molecule has 1 rings (SSSR count). The number of alkyl halides is 3. The standard InChI is InChI=1S/C10H11ClF2N4O/c1-17(15-7-6-14)16-8-2-4-9(5-3-8)18-10(11,12)13/h2-7,14,16H,1H3/b14-6?,15-7-. The van der Waals surface area contributed by atoms with Crippen LogP contribution in [0.4, 0.5) is 14.5 Å². The Bertz CT molecular complexity index is 419. The molecular weight excluding hydrogens is 266 g/mol. The molecule has 0 atom stereocenters. The van der Waals surface area contributed by atoms with Crippen LogP contribution in [0.5, 0.6) is 5.75 Å². The van der Waals surface area contributed by atoms with Gasteiger partial charge in [0.15, 0.2) is 0 Å². The van der Waals surface area contributed by atoms with E-state index in [-0.39, 0.29) is 5.75 Å². The van der Waals surface area contributed by atoms with Gasteiger partial charge in [0, 0.05) is 24.9 Å². The number of hydrazone groups is 1. The number of rotatable bonds is 6. The van der Waals surface area contributed by atoms with Gasteiger partial charge in [0.05, 0.1) is 11.9 Å². The van der Waals surface area contributed by atoms with Crippen LogP contribution in [-0.4, -0.2) is 30.2 Å². The third-order valence-corrected chi connectivity index (χ3v) is 1.77. The van der Waals surface area contributed by atoms with E-state index in [1.807, 2.05) is 0 Å². The van der Waals surface area contributed by atoms with Gasteiger partial charge in [0.1, 0.15) is 5.75 Å². The van der Waals surface area contributed by atoms with Crippen molar-refractivity contribution in [2.24, 2.45) is 5.10 Å². The Morgan fingerprint density at radius 3 is 2.56 bits per heavy atom. The van der Waals surface area contributed by atoms with Gasteiger partial charge < -0.3 is 10.1 Å². The molecule has 0 bridgehead atoms. The lowest BCUT2D eigenvalue weighted by atomic mass is 10.3. The van der Waals surface area contributed by atoms with Gasteiger partial charge in [-0.1, -0.05) is 0 Å². The van der Waals surface area contributed by atoms with E-state index in [0.717, 1.165) is 6.21 Å². The highest BCUT2D eigenvalue weighted by Gasteiger charge is 2.27. The number of hydrogen-bond donors (Lipinski definition) is 2. The van der Waals surface area contributed by atoms with E-state index in [9.17, 15) is 8.78 Å². The smallest absolute Gasteiger partial charge is 0.420 e. The molecule has 18 heavy (non-hydrogen) atoms. The van der Waals surface area contributed by atoms with Gasteiger partial charge >= 0.3 is 5.57 Å². The zero-order chi connectivity index (χ0) is 13.6. The summed E-state index contributed by atoms with van der Waals surface area (Å²) in [7, 11) is 1.62. The van der Waals surface area contributed by atoms with Crippen LogP contribution < -0.4 is 10.2 Å². The lowest BCUT2D eigenvalue weighted by Gasteiger charge is -2.16.